The van der Waals surface area contributed by atoms with E-state index in [0.717, 1.165) is 60.6 Å². The lowest BCUT2D eigenvalue weighted by Crippen LogP contribution is -2.30. The van der Waals surface area contributed by atoms with Crippen LogP contribution in [-0.2, 0) is 0 Å². The molecule has 0 bridgehead atoms. The lowest BCUT2D eigenvalue weighted by atomic mass is 10.0. The molecule has 0 aromatic carbocycles. The van der Waals surface area contributed by atoms with E-state index in [9.17, 15) is 0 Å². The predicted octanol–water partition coefficient (Wildman–Crippen LogP) is 6.01. The first kappa shape index (κ1) is 24.4. The molecule has 190 valence electrons. The Labute approximate surface area is 215 Å². The second-order valence-corrected chi connectivity index (χ2v) is 9.08. The number of fused-ring (bicyclic) bond motifs is 2. The van der Waals surface area contributed by atoms with Gasteiger partial charge < -0.3 is 15.2 Å². The van der Waals surface area contributed by atoms with Crippen LogP contribution in [-0.4, -0.2) is 43.2 Å². The van der Waals surface area contributed by atoms with Crippen LogP contribution >= 0.6 is 0 Å². The van der Waals surface area contributed by atoms with Gasteiger partial charge in [0.25, 0.3) is 0 Å². The highest BCUT2D eigenvalue weighted by molar-refractivity contribution is 5.96. The summed E-state index contributed by atoms with van der Waals surface area (Å²) in [6.07, 6.45) is 12.9. The van der Waals surface area contributed by atoms with Crippen molar-refractivity contribution in [3.8, 4) is 11.5 Å². The van der Waals surface area contributed by atoms with Crippen LogP contribution in [0.2, 0.25) is 0 Å². The van der Waals surface area contributed by atoms with Crippen LogP contribution in [0, 0.1) is 5.82 Å². The van der Waals surface area contributed by atoms with Crippen LogP contribution in [0.4, 0.5) is 10.2 Å². The molecular formula is C28H31FN8. The standard InChI is InChI=1S/C28H31FN8/c1-5-17(4)32-19(7-3)15-18(6-2)20-16-31-26-22(23(20)29)25(35-36-26)27-33-21-11-12-30-28(24(21)34-27)37-13-9-8-10-14-37/h6-7,11-12,15-16,32H,3-5,8-10,13-14H2,1-2H3,(H,33,34)(H,31,35,36)/b18-6+,19-15+. The number of pyridine rings is 2. The van der Waals surface area contributed by atoms with Gasteiger partial charge in [-0.05, 0) is 56.4 Å². The molecule has 5 rings (SSSR count). The number of nitrogens with zero attached hydrogens (tertiary/aromatic N) is 5. The van der Waals surface area contributed by atoms with E-state index < -0.39 is 5.82 Å². The minimum absolute atomic E-state index is 0.280. The van der Waals surface area contributed by atoms with E-state index in [1.165, 1.54) is 12.6 Å². The van der Waals surface area contributed by atoms with Gasteiger partial charge in [-0.2, -0.15) is 5.10 Å². The Morgan fingerprint density at radius 2 is 2.05 bits per heavy atom. The molecule has 4 aromatic rings. The van der Waals surface area contributed by atoms with Crippen molar-refractivity contribution in [2.24, 2.45) is 0 Å². The van der Waals surface area contributed by atoms with Gasteiger partial charge in [0, 0.05) is 42.4 Å². The fraction of sp³-hybridized carbons (Fsp3) is 0.286. The number of piperidine rings is 1. The van der Waals surface area contributed by atoms with Crippen LogP contribution in [0.3, 0.4) is 0 Å². The monoisotopic (exact) mass is 498 g/mol. The molecular weight excluding hydrogens is 467 g/mol. The quantitative estimate of drug-likeness (QED) is 0.257. The number of anilines is 1. The van der Waals surface area contributed by atoms with Crippen molar-refractivity contribution in [2.75, 3.05) is 18.0 Å². The van der Waals surface area contributed by atoms with Gasteiger partial charge in [0.15, 0.2) is 17.3 Å². The molecule has 1 aliphatic rings. The number of aromatic nitrogens is 6. The van der Waals surface area contributed by atoms with Crippen molar-refractivity contribution in [3.63, 3.8) is 0 Å². The average molecular weight is 499 g/mol. The maximum atomic E-state index is 16.1. The molecule has 0 radical (unpaired) electrons. The first-order valence-corrected chi connectivity index (χ1v) is 12.6. The van der Waals surface area contributed by atoms with Gasteiger partial charge in [-0.3, -0.25) is 5.10 Å². The molecule has 0 spiro atoms. The number of allylic oxidation sites excluding steroid dienone is 5. The van der Waals surface area contributed by atoms with Crippen LogP contribution in [0.5, 0.6) is 0 Å². The van der Waals surface area contributed by atoms with Crippen LogP contribution in [0.1, 0.15) is 45.1 Å². The van der Waals surface area contributed by atoms with Crippen molar-refractivity contribution in [1.82, 2.24) is 35.5 Å². The zero-order valence-corrected chi connectivity index (χ0v) is 21.2. The third kappa shape index (κ3) is 4.64. The highest BCUT2D eigenvalue weighted by atomic mass is 19.1. The fourth-order valence-electron chi connectivity index (χ4n) is 4.62. The molecule has 3 N–H and O–H groups in total. The summed E-state index contributed by atoms with van der Waals surface area (Å²) in [6.45, 7) is 13.6. The largest absolute Gasteiger partial charge is 0.359 e. The smallest absolute Gasteiger partial charge is 0.184 e. The first-order valence-electron chi connectivity index (χ1n) is 12.6. The van der Waals surface area contributed by atoms with E-state index >= 15 is 4.39 Å². The lowest BCUT2D eigenvalue weighted by Gasteiger charge is -2.27. The summed E-state index contributed by atoms with van der Waals surface area (Å²) in [5.74, 6) is 0.916. The summed E-state index contributed by atoms with van der Waals surface area (Å²) >= 11 is 0. The van der Waals surface area contributed by atoms with Gasteiger partial charge in [0.2, 0.25) is 0 Å². The van der Waals surface area contributed by atoms with E-state index in [2.05, 4.69) is 48.5 Å². The third-order valence-corrected chi connectivity index (χ3v) is 6.69. The van der Waals surface area contributed by atoms with Crippen LogP contribution < -0.4 is 10.2 Å². The molecule has 1 saturated heterocycles. The predicted molar refractivity (Wildman–Crippen MR) is 147 cm³/mol. The summed E-state index contributed by atoms with van der Waals surface area (Å²) in [5, 5.41) is 10.7. The molecule has 1 fully saturated rings. The van der Waals surface area contributed by atoms with E-state index in [4.69, 9.17) is 4.98 Å². The van der Waals surface area contributed by atoms with Gasteiger partial charge in [-0.25, -0.2) is 19.3 Å². The Balaban J connectivity index is 1.58. The average Bonchev–Trinajstić information content (AvgIpc) is 3.56. The molecule has 5 heterocycles. The highest BCUT2D eigenvalue weighted by Crippen LogP contribution is 2.33. The minimum Gasteiger partial charge on any atom is -0.359 e. The molecule has 4 aromatic heterocycles. The van der Waals surface area contributed by atoms with Gasteiger partial charge in [-0.1, -0.05) is 26.2 Å². The molecule has 0 saturated carbocycles. The Bertz CT molecular complexity index is 1530. The van der Waals surface area contributed by atoms with Crippen LogP contribution in [0.25, 0.3) is 39.2 Å². The molecule has 0 aliphatic carbocycles. The number of hydrogen-bond acceptors (Lipinski definition) is 6. The number of H-pyrrole nitrogens is 2. The second kappa shape index (κ2) is 10.4. The van der Waals surface area contributed by atoms with Crippen molar-refractivity contribution in [3.05, 3.63) is 72.6 Å². The Morgan fingerprint density at radius 1 is 1.24 bits per heavy atom. The normalized spacial score (nSPS) is 14.9. The van der Waals surface area contributed by atoms with Gasteiger partial charge in [0.05, 0.1) is 10.9 Å². The minimum atomic E-state index is -0.425. The first-order chi connectivity index (χ1) is 18.0. The van der Waals surface area contributed by atoms with Gasteiger partial charge >= 0.3 is 0 Å². The number of hydrogen-bond donors (Lipinski definition) is 3. The summed E-state index contributed by atoms with van der Waals surface area (Å²) in [5.41, 5.74) is 4.92. The Hall–Kier alpha value is -4.27. The number of rotatable bonds is 8. The Kier molecular flexibility index (Phi) is 6.85. The van der Waals surface area contributed by atoms with E-state index in [0.29, 0.717) is 22.7 Å². The van der Waals surface area contributed by atoms with Crippen molar-refractivity contribution >= 4 is 33.5 Å². The van der Waals surface area contributed by atoms with E-state index in [1.807, 2.05) is 32.1 Å². The zero-order chi connectivity index (χ0) is 25.9. The lowest BCUT2D eigenvalue weighted by molar-refractivity contribution is 0.574. The van der Waals surface area contributed by atoms with E-state index in [1.54, 1.807) is 12.3 Å². The molecule has 8 nitrogen and oxygen atoms in total. The number of nitrogens with one attached hydrogen (secondary N) is 3. The van der Waals surface area contributed by atoms with Crippen molar-refractivity contribution in [2.45, 2.75) is 39.5 Å². The van der Waals surface area contributed by atoms with Gasteiger partial charge in [0.1, 0.15) is 17.0 Å². The maximum absolute atomic E-state index is 16.1. The number of aromatic amines is 2. The topological polar surface area (TPSA) is 98.4 Å². The Morgan fingerprint density at radius 3 is 2.78 bits per heavy atom. The SMILES string of the molecule is C=C/C(=C\C(=C/C)c1cnc2n[nH]c(-c3nc4c(N5CCCCC5)nccc4[nH]3)c2c1F)NC(=C)CC. The summed E-state index contributed by atoms with van der Waals surface area (Å²) in [4.78, 5) is 19.5. The van der Waals surface area contributed by atoms with E-state index in [-0.39, 0.29) is 11.0 Å². The third-order valence-electron chi connectivity index (χ3n) is 6.69. The summed E-state index contributed by atoms with van der Waals surface area (Å²) in [6, 6.07) is 1.88. The van der Waals surface area contributed by atoms with Gasteiger partial charge in [-0.15, -0.1) is 0 Å². The number of halogens is 1. The van der Waals surface area contributed by atoms with Crippen molar-refractivity contribution < 1.29 is 4.39 Å². The molecule has 0 unspecified atom stereocenters. The van der Waals surface area contributed by atoms with Crippen LogP contribution in [0.15, 0.2) is 61.2 Å². The summed E-state index contributed by atoms with van der Waals surface area (Å²) in [7, 11) is 0. The molecule has 0 amide bonds. The zero-order valence-electron chi connectivity index (χ0n) is 21.2. The fourth-order valence-corrected chi connectivity index (χ4v) is 4.62. The molecule has 37 heavy (non-hydrogen) atoms. The highest BCUT2D eigenvalue weighted by Gasteiger charge is 2.22. The maximum Gasteiger partial charge on any atom is 0.184 e. The molecule has 9 heteroatoms. The van der Waals surface area contributed by atoms with Crippen molar-refractivity contribution in [1.29, 1.82) is 0 Å². The molecule has 1 aliphatic heterocycles. The second-order valence-electron chi connectivity index (χ2n) is 9.08. The summed E-state index contributed by atoms with van der Waals surface area (Å²) < 4.78 is 16.1. The number of imidazole rings is 1. The molecule has 0 atom stereocenters.